The molecule has 0 spiro atoms. The van der Waals surface area contributed by atoms with E-state index in [9.17, 15) is 0 Å². The minimum absolute atomic E-state index is 0. The molecular weight excluding hydrogens is 495 g/mol. The van der Waals surface area contributed by atoms with Crippen molar-refractivity contribution >= 4 is 41.5 Å². The van der Waals surface area contributed by atoms with Gasteiger partial charge in [0, 0.05) is 31.2 Å². The second-order valence-corrected chi connectivity index (χ2v) is 6.28. The Labute approximate surface area is 185 Å². The molecule has 2 heterocycles. The molecule has 0 amide bonds. The molecule has 0 radical (unpaired) electrons. The van der Waals surface area contributed by atoms with Crippen LogP contribution in [0.5, 0.6) is 0 Å². The first-order valence-corrected chi connectivity index (χ1v) is 8.85. The van der Waals surface area contributed by atoms with Gasteiger partial charge in [0.15, 0.2) is 5.96 Å². The molecule has 3 rings (SSSR count). The number of hydrogen-bond donors (Lipinski definition) is 1. The number of aromatic nitrogens is 5. The summed E-state index contributed by atoms with van der Waals surface area (Å²) >= 11 is 5.91. The van der Waals surface area contributed by atoms with Gasteiger partial charge in [-0.05, 0) is 31.2 Å². The van der Waals surface area contributed by atoms with Gasteiger partial charge in [0.1, 0.15) is 18.7 Å². The molecule has 0 unspecified atom stereocenters. The molecule has 0 bridgehead atoms. The van der Waals surface area contributed by atoms with Crippen molar-refractivity contribution in [2.75, 3.05) is 13.6 Å². The van der Waals surface area contributed by atoms with E-state index in [0.717, 1.165) is 17.9 Å². The summed E-state index contributed by atoms with van der Waals surface area (Å²) in [4.78, 5) is 15.2. The second-order valence-electron chi connectivity index (χ2n) is 5.84. The fraction of sp³-hybridized carbons (Fsp3) is 0.353. The van der Waals surface area contributed by atoms with Crippen LogP contribution < -0.4 is 5.32 Å². The molecule has 9 nitrogen and oxygen atoms in total. The van der Waals surface area contributed by atoms with Crippen molar-refractivity contribution in [2.24, 2.45) is 12.0 Å². The highest BCUT2D eigenvalue weighted by Gasteiger charge is 2.12. The number of guanidine groups is 1. The van der Waals surface area contributed by atoms with Crippen molar-refractivity contribution in [3.05, 3.63) is 47.3 Å². The normalized spacial score (nSPS) is 11.2. The second kappa shape index (κ2) is 10.4. The lowest BCUT2D eigenvalue weighted by Gasteiger charge is -2.21. The van der Waals surface area contributed by atoms with Gasteiger partial charge in [0.25, 0.3) is 0 Å². The van der Waals surface area contributed by atoms with E-state index in [4.69, 9.17) is 16.1 Å². The first kappa shape index (κ1) is 22.1. The lowest BCUT2D eigenvalue weighted by atomic mass is 10.2. The van der Waals surface area contributed by atoms with Crippen LogP contribution in [0, 0.1) is 0 Å². The molecule has 2 aromatic heterocycles. The molecule has 150 valence electrons. The Bertz CT molecular complexity index is 908. The number of rotatable bonds is 6. The molecular formula is C17H22ClIN8O. The average molecular weight is 517 g/mol. The number of aliphatic imine (C=N–C) groups is 1. The van der Waals surface area contributed by atoms with Crippen LogP contribution in [0.15, 0.2) is 40.1 Å². The summed E-state index contributed by atoms with van der Waals surface area (Å²) in [6, 6.07) is 7.27. The van der Waals surface area contributed by atoms with Crippen LogP contribution in [0.4, 0.5) is 0 Å². The van der Waals surface area contributed by atoms with Gasteiger partial charge in [-0.1, -0.05) is 16.8 Å². The number of aryl methyl sites for hydroxylation is 1. The van der Waals surface area contributed by atoms with Crippen molar-refractivity contribution in [1.82, 2.24) is 35.1 Å². The molecule has 3 aromatic rings. The van der Waals surface area contributed by atoms with E-state index in [1.54, 1.807) is 16.8 Å². The minimum atomic E-state index is 0. The van der Waals surface area contributed by atoms with E-state index in [1.165, 1.54) is 6.33 Å². The molecule has 0 fully saturated rings. The van der Waals surface area contributed by atoms with Crippen molar-refractivity contribution in [2.45, 2.75) is 20.0 Å². The standard InChI is InChI=1S/C17H21ClN8O.HI/c1-4-19-17(25(2)10-14-21-11-22-26(14)3)20-9-15-23-16(24-27-15)12-5-7-13(18)8-6-12;/h5-8,11H,4,9-10H2,1-3H3,(H,19,20);1H. The first-order valence-electron chi connectivity index (χ1n) is 8.47. The Kier molecular flexibility index (Phi) is 8.18. The van der Waals surface area contributed by atoms with E-state index in [0.29, 0.717) is 29.2 Å². The van der Waals surface area contributed by atoms with Crippen LogP contribution in [0.1, 0.15) is 18.6 Å². The Morgan fingerprint density at radius 1 is 1.32 bits per heavy atom. The highest BCUT2D eigenvalue weighted by Crippen LogP contribution is 2.18. The van der Waals surface area contributed by atoms with E-state index in [-0.39, 0.29) is 30.5 Å². The molecule has 11 heteroatoms. The Morgan fingerprint density at radius 3 is 2.71 bits per heavy atom. The Morgan fingerprint density at radius 2 is 2.07 bits per heavy atom. The topological polar surface area (TPSA) is 97.3 Å². The van der Waals surface area contributed by atoms with Gasteiger partial charge in [0.05, 0.1) is 6.54 Å². The molecule has 0 saturated carbocycles. The summed E-state index contributed by atoms with van der Waals surface area (Å²) in [5.41, 5.74) is 0.838. The van der Waals surface area contributed by atoms with Crippen LogP contribution in [-0.4, -0.2) is 49.4 Å². The summed E-state index contributed by atoms with van der Waals surface area (Å²) < 4.78 is 7.04. The largest absolute Gasteiger partial charge is 0.357 e. The third-order valence-corrected chi connectivity index (χ3v) is 4.07. The Balaban J connectivity index is 0.00000280. The summed E-state index contributed by atoms with van der Waals surface area (Å²) in [7, 11) is 3.79. The maximum atomic E-state index is 5.91. The smallest absolute Gasteiger partial charge is 0.248 e. The van der Waals surface area contributed by atoms with Gasteiger partial charge >= 0.3 is 0 Å². The summed E-state index contributed by atoms with van der Waals surface area (Å²) in [5.74, 6) is 2.49. The number of halogens is 2. The molecule has 1 aromatic carbocycles. The van der Waals surface area contributed by atoms with E-state index >= 15 is 0 Å². The number of benzene rings is 1. The van der Waals surface area contributed by atoms with Gasteiger partial charge < -0.3 is 14.7 Å². The van der Waals surface area contributed by atoms with Gasteiger partial charge in [-0.15, -0.1) is 24.0 Å². The minimum Gasteiger partial charge on any atom is -0.357 e. The van der Waals surface area contributed by atoms with Crippen molar-refractivity contribution in [3.8, 4) is 11.4 Å². The number of hydrogen-bond acceptors (Lipinski definition) is 6. The molecule has 0 atom stereocenters. The Hall–Kier alpha value is -2.21. The number of nitrogens with one attached hydrogen (secondary N) is 1. The molecule has 1 N–H and O–H groups in total. The monoisotopic (exact) mass is 516 g/mol. The molecule has 28 heavy (non-hydrogen) atoms. The summed E-state index contributed by atoms with van der Waals surface area (Å²) in [6.45, 7) is 3.59. The van der Waals surface area contributed by atoms with Crippen LogP contribution in [0.2, 0.25) is 5.02 Å². The molecule has 0 aliphatic rings. The van der Waals surface area contributed by atoms with Gasteiger partial charge in [-0.2, -0.15) is 10.1 Å². The van der Waals surface area contributed by atoms with Crippen LogP contribution in [0.3, 0.4) is 0 Å². The summed E-state index contributed by atoms with van der Waals surface area (Å²) in [5, 5.41) is 12.0. The fourth-order valence-corrected chi connectivity index (χ4v) is 2.52. The van der Waals surface area contributed by atoms with Gasteiger partial charge in [0.2, 0.25) is 11.7 Å². The predicted molar refractivity (Wildman–Crippen MR) is 117 cm³/mol. The zero-order valence-electron chi connectivity index (χ0n) is 15.8. The molecule has 0 saturated heterocycles. The van der Waals surface area contributed by atoms with Gasteiger partial charge in [-0.3, -0.25) is 4.68 Å². The molecule has 0 aliphatic heterocycles. The predicted octanol–water partition coefficient (Wildman–Crippen LogP) is 2.73. The SMILES string of the molecule is CCNC(=NCc1nc(-c2ccc(Cl)cc2)no1)N(C)Cc1ncnn1C.I. The zero-order chi connectivity index (χ0) is 19.2. The van der Waals surface area contributed by atoms with Crippen LogP contribution in [0.25, 0.3) is 11.4 Å². The lowest BCUT2D eigenvalue weighted by Crippen LogP contribution is -2.39. The average Bonchev–Trinajstić information content (AvgIpc) is 3.29. The molecule has 0 aliphatic carbocycles. The first-order chi connectivity index (χ1) is 13.1. The van der Waals surface area contributed by atoms with Crippen molar-refractivity contribution in [1.29, 1.82) is 0 Å². The van der Waals surface area contributed by atoms with Crippen LogP contribution >= 0.6 is 35.6 Å². The quantitative estimate of drug-likeness (QED) is 0.306. The van der Waals surface area contributed by atoms with E-state index < -0.39 is 0 Å². The fourth-order valence-electron chi connectivity index (χ4n) is 2.40. The number of nitrogens with zero attached hydrogens (tertiary/aromatic N) is 7. The van der Waals surface area contributed by atoms with E-state index in [2.05, 4.69) is 30.5 Å². The highest BCUT2D eigenvalue weighted by molar-refractivity contribution is 14.0. The zero-order valence-corrected chi connectivity index (χ0v) is 18.9. The summed E-state index contributed by atoms with van der Waals surface area (Å²) in [6.07, 6.45) is 1.53. The van der Waals surface area contributed by atoms with Crippen molar-refractivity contribution in [3.63, 3.8) is 0 Å². The van der Waals surface area contributed by atoms with Crippen LogP contribution in [-0.2, 0) is 20.1 Å². The van der Waals surface area contributed by atoms with Gasteiger partial charge in [-0.25, -0.2) is 9.98 Å². The third kappa shape index (κ3) is 5.64. The third-order valence-electron chi connectivity index (χ3n) is 3.81. The lowest BCUT2D eigenvalue weighted by molar-refractivity contribution is 0.378. The maximum Gasteiger partial charge on any atom is 0.248 e. The van der Waals surface area contributed by atoms with E-state index in [1.807, 2.05) is 38.1 Å². The highest BCUT2D eigenvalue weighted by atomic mass is 127. The maximum absolute atomic E-state index is 5.91. The van der Waals surface area contributed by atoms with Crippen molar-refractivity contribution < 1.29 is 4.52 Å².